The zero-order valence-electron chi connectivity index (χ0n) is 14.0. The highest BCUT2D eigenvalue weighted by molar-refractivity contribution is 5.36. The molecule has 2 heterocycles. The van der Waals surface area contributed by atoms with Crippen molar-refractivity contribution in [2.45, 2.75) is 66.0 Å². The van der Waals surface area contributed by atoms with Crippen molar-refractivity contribution < 1.29 is 0 Å². The van der Waals surface area contributed by atoms with E-state index in [-0.39, 0.29) is 0 Å². The number of nitrogens with one attached hydrogen (secondary N) is 1. The van der Waals surface area contributed by atoms with Gasteiger partial charge in [-0.15, -0.1) is 0 Å². The first kappa shape index (κ1) is 16.2. The molecule has 4 heteroatoms. The Morgan fingerprint density at radius 1 is 1.14 bits per heavy atom. The molecule has 1 fully saturated rings. The molecule has 1 aliphatic heterocycles. The van der Waals surface area contributed by atoms with E-state index in [1.54, 1.807) is 0 Å². The number of nitrogens with zero attached hydrogens (tertiary/aromatic N) is 3. The summed E-state index contributed by atoms with van der Waals surface area (Å²) in [4.78, 5) is 11.5. The third-order valence-corrected chi connectivity index (χ3v) is 5.03. The number of aromatic nitrogens is 2. The van der Waals surface area contributed by atoms with Crippen LogP contribution in [-0.4, -0.2) is 29.1 Å². The van der Waals surface area contributed by atoms with Gasteiger partial charge in [-0.3, -0.25) is 4.98 Å². The van der Waals surface area contributed by atoms with Crippen molar-refractivity contribution in [1.29, 1.82) is 0 Å². The first-order valence-electron chi connectivity index (χ1n) is 8.38. The molecule has 1 N–H and O–H groups in total. The third kappa shape index (κ3) is 4.16. The normalized spacial score (nSPS) is 18.2. The van der Waals surface area contributed by atoms with E-state index >= 15 is 0 Å². The van der Waals surface area contributed by atoms with Crippen molar-refractivity contribution in [3.8, 4) is 0 Å². The Balaban J connectivity index is 1.92. The Kier molecular flexibility index (Phi) is 5.57. The summed E-state index contributed by atoms with van der Waals surface area (Å²) >= 11 is 0. The molecule has 0 saturated carbocycles. The number of hydrogen-bond acceptors (Lipinski definition) is 4. The maximum Gasteiger partial charge on any atom is 0.147 e. The van der Waals surface area contributed by atoms with Gasteiger partial charge in [-0.25, -0.2) is 4.98 Å². The van der Waals surface area contributed by atoms with Gasteiger partial charge in [0, 0.05) is 25.7 Å². The van der Waals surface area contributed by atoms with Crippen molar-refractivity contribution in [2.24, 2.45) is 5.41 Å². The highest BCUT2D eigenvalue weighted by atomic mass is 15.2. The van der Waals surface area contributed by atoms with E-state index in [4.69, 9.17) is 0 Å². The zero-order chi connectivity index (χ0) is 15.3. The molecule has 21 heavy (non-hydrogen) atoms. The lowest BCUT2D eigenvalue weighted by Crippen LogP contribution is -2.40. The SMILES string of the molecule is CCC1(CC)CCN(c2cnc(CNC(C)C)cn2)CC1. The largest absolute Gasteiger partial charge is 0.355 e. The van der Waals surface area contributed by atoms with Crippen LogP contribution in [0.4, 0.5) is 5.82 Å². The van der Waals surface area contributed by atoms with Crippen LogP contribution in [0.2, 0.25) is 0 Å². The van der Waals surface area contributed by atoms with Gasteiger partial charge in [-0.05, 0) is 18.3 Å². The van der Waals surface area contributed by atoms with Crippen molar-refractivity contribution in [3.63, 3.8) is 0 Å². The topological polar surface area (TPSA) is 41.1 Å². The van der Waals surface area contributed by atoms with Crippen molar-refractivity contribution in [2.75, 3.05) is 18.0 Å². The van der Waals surface area contributed by atoms with Crippen LogP contribution in [0.5, 0.6) is 0 Å². The van der Waals surface area contributed by atoms with Crippen LogP contribution in [0.3, 0.4) is 0 Å². The minimum Gasteiger partial charge on any atom is -0.355 e. The molecule has 0 radical (unpaired) electrons. The number of piperidine rings is 1. The molecule has 0 aromatic carbocycles. The van der Waals surface area contributed by atoms with Gasteiger partial charge >= 0.3 is 0 Å². The van der Waals surface area contributed by atoms with Crippen LogP contribution in [0.1, 0.15) is 59.1 Å². The van der Waals surface area contributed by atoms with Gasteiger partial charge in [-0.2, -0.15) is 0 Å². The molecule has 0 amide bonds. The minimum absolute atomic E-state index is 0.477. The molecule has 1 aromatic heterocycles. The Labute approximate surface area is 129 Å². The fraction of sp³-hybridized carbons (Fsp3) is 0.765. The van der Waals surface area contributed by atoms with Gasteiger partial charge < -0.3 is 10.2 Å². The van der Waals surface area contributed by atoms with Gasteiger partial charge in [-0.1, -0.05) is 40.5 Å². The van der Waals surface area contributed by atoms with Gasteiger partial charge in [0.15, 0.2) is 0 Å². The van der Waals surface area contributed by atoms with Crippen molar-refractivity contribution >= 4 is 5.82 Å². The minimum atomic E-state index is 0.477. The fourth-order valence-corrected chi connectivity index (χ4v) is 3.08. The van der Waals surface area contributed by atoms with E-state index in [0.29, 0.717) is 11.5 Å². The second-order valence-corrected chi connectivity index (χ2v) is 6.60. The van der Waals surface area contributed by atoms with Gasteiger partial charge in [0.25, 0.3) is 0 Å². The predicted molar refractivity (Wildman–Crippen MR) is 88.5 cm³/mol. The molecule has 0 bridgehead atoms. The average Bonchev–Trinajstić information content (AvgIpc) is 2.53. The highest BCUT2D eigenvalue weighted by Gasteiger charge is 2.31. The molecular weight excluding hydrogens is 260 g/mol. The number of rotatable bonds is 6. The smallest absolute Gasteiger partial charge is 0.147 e. The molecule has 118 valence electrons. The zero-order valence-corrected chi connectivity index (χ0v) is 14.0. The van der Waals surface area contributed by atoms with Crippen LogP contribution >= 0.6 is 0 Å². The van der Waals surface area contributed by atoms with Gasteiger partial charge in [0.2, 0.25) is 0 Å². The molecule has 0 aliphatic carbocycles. The summed E-state index contributed by atoms with van der Waals surface area (Å²) in [5.41, 5.74) is 1.58. The van der Waals surface area contributed by atoms with Crippen molar-refractivity contribution in [3.05, 3.63) is 18.1 Å². The quantitative estimate of drug-likeness (QED) is 0.872. The maximum absolute atomic E-state index is 4.60. The monoisotopic (exact) mass is 290 g/mol. The third-order valence-electron chi connectivity index (χ3n) is 5.03. The first-order valence-corrected chi connectivity index (χ1v) is 8.38. The summed E-state index contributed by atoms with van der Waals surface area (Å²) in [6.45, 7) is 12.0. The molecule has 0 atom stereocenters. The van der Waals surface area contributed by atoms with Crippen LogP contribution in [-0.2, 0) is 6.54 Å². The van der Waals surface area contributed by atoms with E-state index in [1.165, 1.54) is 25.7 Å². The van der Waals surface area contributed by atoms with Gasteiger partial charge in [0.05, 0.1) is 18.1 Å². The summed E-state index contributed by atoms with van der Waals surface area (Å²) < 4.78 is 0. The second kappa shape index (κ2) is 7.21. The van der Waals surface area contributed by atoms with Gasteiger partial charge in [0.1, 0.15) is 5.82 Å². The van der Waals surface area contributed by atoms with Crippen LogP contribution in [0.25, 0.3) is 0 Å². The average molecular weight is 290 g/mol. The molecule has 1 aromatic rings. The summed E-state index contributed by atoms with van der Waals surface area (Å²) in [6.07, 6.45) is 8.98. The molecule has 1 saturated heterocycles. The van der Waals surface area contributed by atoms with E-state index in [0.717, 1.165) is 31.1 Å². The molecule has 2 rings (SSSR count). The molecule has 0 unspecified atom stereocenters. The summed E-state index contributed by atoms with van der Waals surface area (Å²) in [7, 11) is 0. The fourth-order valence-electron chi connectivity index (χ4n) is 3.08. The molecule has 1 aliphatic rings. The maximum atomic E-state index is 4.60. The van der Waals surface area contributed by atoms with E-state index in [2.05, 4.69) is 47.9 Å². The lowest BCUT2D eigenvalue weighted by atomic mass is 9.74. The Hall–Kier alpha value is -1.16. The molecular formula is C17H30N4. The van der Waals surface area contributed by atoms with Crippen molar-refractivity contribution in [1.82, 2.24) is 15.3 Å². The lowest BCUT2D eigenvalue weighted by molar-refractivity contribution is 0.199. The summed E-state index contributed by atoms with van der Waals surface area (Å²) in [6, 6.07) is 0.477. The Morgan fingerprint density at radius 3 is 2.29 bits per heavy atom. The predicted octanol–water partition coefficient (Wildman–Crippen LogP) is 3.38. The molecule has 4 nitrogen and oxygen atoms in total. The Morgan fingerprint density at radius 2 is 1.81 bits per heavy atom. The van der Waals surface area contributed by atoms with E-state index < -0.39 is 0 Å². The van der Waals surface area contributed by atoms with Crippen LogP contribution in [0.15, 0.2) is 12.4 Å². The number of hydrogen-bond donors (Lipinski definition) is 1. The first-order chi connectivity index (χ1) is 10.1. The van der Waals surface area contributed by atoms with E-state index in [1.807, 2.05) is 12.4 Å². The van der Waals surface area contributed by atoms with Crippen LogP contribution in [0, 0.1) is 5.41 Å². The highest BCUT2D eigenvalue weighted by Crippen LogP contribution is 2.38. The van der Waals surface area contributed by atoms with Crippen LogP contribution < -0.4 is 10.2 Å². The summed E-state index contributed by atoms with van der Waals surface area (Å²) in [5.74, 6) is 1.03. The van der Waals surface area contributed by atoms with E-state index in [9.17, 15) is 0 Å². The Bertz CT molecular complexity index is 413. The number of anilines is 1. The summed E-state index contributed by atoms with van der Waals surface area (Å²) in [5, 5.41) is 3.37. The second-order valence-electron chi connectivity index (χ2n) is 6.60. The molecule has 0 spiro atoms. The standard InChI is InChI=1S/C17H30N4/c1-5-17(6-2)7-9-21(10-8-17)16-13-19-15(12-20-16)11-18-14(3)4/h12-14,18H,5-11H2,1-4H3. The lowest BCUT2D eigenvalue weighted by Gasteiger charge is -2.41.